The van der Waals surface area contributed by atoms with E-state index in [2.05, 4.69) is 41.5 Å². The second-order valence-corrected chi connectivity index (χ2v) is 14.6. The van der Waals surface area contributed by atoms with Crippen LogP contribution in [-0.2, 0) is 0 Å². The lowest BCUT2D eigenvalue weighted by atomic mass is 9.43. The van der Waals surface area contributed by atoms with Gasteiger partial charge in [0.15, 0.2) is 0 Å². The van der Waals surface area contributed by atoms with Crippen molar-refractivity contribution in [1.29, 1.82) is 0 Å². The standard InChI is InChI=1S/C30H52O4/c1-18(22(31)17-25(33)27(4,5)34)19-11-15-30(8)21-9-10-23-26(2,3)24(32)13-14-28(23,6)20(21)12-16-29(19,30)7/h18-19,22-25,31-34H,9-17H2,1-8H3/t18-,19+,22?,23?,24-,25?,28+,29+,30-/m0/s1. The minimum atomic E-state index is -1.20. The molecule has 0 radical (unpaired) electrons. The van der Waals surface area contributed by atoms with Gasteiger partial charge in [0.25, 0.3) is 0 Å². The van der Waals surface area contributed by atoms with Crippen molar-refractivity contribution in [2.75, 3.05) is 0 Å². The molecule has 9 atom stereocenters. The van der Waals surface area contributed by atoms with E-state index in [9.17, 15) is 20.4 Å². The van der Waals surface area contributed by atoms with Crippen molar-refractivity contribution in [1.82, 2.24) is 0 Å². The maximum absolute atomic E-state index is 11.1. The molecule has 2 saturated carbocycles. The lowest BCUT2D eigenvalue weighted by molar-refractivity contribution is -0.0992. The number of fused-ring (bicyclic) bond motifs is 4. The second-order valence-electron chi connectivity index (χ2n) is 14.6. The predicted molar refractivity (Wildman–Crippen MR) is 137 cm³/mol. The van der Waals surface area contributed by atoms with Crippen LogP contribution in [0.25, 0.3) is 0 Å². The van der Waals surface area contributed by atoms with Gasteiger partial charge in [0.2, 0.25) is 0 Å². The van der Waals surface area contributed by atoms with Crippen molar-refractivity contribution >= 4 is 0 Å². The Hall–Kier alpha value is -0.420. The summed E-state index contributed by atoms with van der Waals surface area (Å²) < 4.78 is 0. The molecule has 4 aliphatic carbocycles. The molecule has 0 heterocycles. The first-order valence-electron chi connectivity index (χ1n) is 14.0. The quantitative estimate of drug-likeness (QED) is 0.389. The summed E-state index contributed by atoms with van der Waals surface area (Å²) in [4.78, 5) is 0. The number of aliphatic hydroxyl groups is 4. The highest BCUT2D eigenvalue weighted by Gasteiger charge is 2.63. The lowest BCUT2D eigenvalue weighted by Gasteiger charge is -2.62. The highest BCUT2D eigenvalue weighted by Crippen LogP contribution is 2.72. The fourth-order valence-corrected chi connectivity index (χ4v) is 9.56. The van der Waals surface area contributed by atoms with Crippen molar-refractivity contribution in [2.24, 2.45) is 39.4 Å². The Balaban J connectivity index is 1.63. The van der Waals surface area contributed by atoms with E-state index in [1.165, 1.54) is 12.8 Å². The summed E-state index contributed by atoms with van der Waals surface area (Å²) in [6.07, 6.45) is 7.40. The highest BCUT2D eigenvalue weighted by molar-refractivity contribution is 5.38. The Morgan fingerprint density at radius 3 is 2.18 bits per heavy atom. The van der Waals surface area contributed by atoms with E-state index >= 15 is 0 Å². The minimum Gasteiger partial charge on any atom is -0.393 e. The van der Waals surface area contributed by atoms with E-state index in [-0.39, 0.29) is 40.1 Å². The zero-order valence-corrected chi connectivity index (χ0v) is 23.1. The molecule has 0 aromatic carbocycles. The lowest BCUT2D eigenvalue weighted by Crippen LogP contribution is -2.55. The molecule has 0 spiro atoms. The molecule has 34 heavy (non-hydrogen) atoms. The number of rotatable bonds is 5. The van der Waals surface area contributed by atoms with E-state index in [1.807, 2.05) is 0 Å². The van der Waals surface area contributed by atoms with Crippen molar-refractivity contribution in [3.63, 3.8) is 0 Å². The number of hydrogen-bond acceptors (Lipinski definition) is 4. The summed E-state index contributed by atoms with van der Waals surface area (Å²) in [7, 11) is 0. The molecule has 0 aliphatic heterocycles. The van der Waals surface area contributed by atoms with Gasteiger partial charge in [-0.1, -0.05) is 52.7 Å². The third-order valence-electron chi connectivity index (χ3n) is 12.3. The van der Waals surface area contributed by atoms with Gasteiger partial charge in [-0.2, -0.15) is 0 Å². The Labute approximate surface area is 208 Å². The van der Waals surface area contributed by atoms with Crippen molar-refractivity contribution in [2.45, 2.75) is 137 Å². The average molecular weight is 477 g/mol. The minimum absolute atomic E-state index is 0.0364. The van der Waals surface area contributed by atoms with Gasteiger partial charge in [-0.25, -0.2) is 0 Å². The van der Waals surface area contributed by atoms with Crippen molar-refractivity contribution in [3.8, 4) is 0 Å². The third-order valence-corrected chi connectivity index (χ3v) is 12.3. The fourth-order valence-electron chi connectivity index (χ4n) is 9.56. The van der Waals surface area contributed by atoms with Crippen LogP contribution in [0, 0.1) is 39.4 Å². The summed E-state index contributed by atoms with van der Waals surface area (Å²) in [5.74, 6) is 1.03. The molecule has 4 N–H and O–H groups in total. The van der Waals surface area contributed by atoms with Crippen LogP contribution in [0.3, 0.4) is 0 Å². The highest BCUT2D eigenvalue weighted by atomic mass is 16.3. The fraction of sp³-hybridized carbons (Fsp3) is 0.933. The maximum atomic E-state index is 11.1. The van der Waals surface area contributed by atoms with Crippen LogP contribution < -0.4 is 0 Å². The molecular weight excluding hydrogens is 424 g/mol. The summed E-state index contributed by atoms with van der Waals surface area (Å²) >= 11 is 0. The number of hydrogen-bond donors (Lipinski definition) is 4. The number of aliphatic hydroxyl groups excluding tert-OH is 3. The SMILES string of the molecule is C[C@H](C(O)CC(O)C(C)(C)O)[C@H]1CC[C@@]2(C)C3=C(CC[C@]12C)[C@@]1(C)CC[C@H](O)C(C)(C)C1CC3. The summed E-state index contributed by atoms with van der Waals surface area (Å²) in [5.41, 5.74) is 2.69. The van der Waals surface area contributed by atoms with Gasteiger partial charge in [-0.15, -0.1) is 0 Å². The molecule has 2 fully saturated rings. The van der Waals surface area contributed by atoms with Crippen LogP contribution in [0.4, 0.5) is 0 Å². The van der Waals surface area contributed by atoms with Gasteiger partial charge in [-0.05, 0) is 105 Å². The Morgan fingerprint density at radius 2 is 1.56 bits per heavy atom. The molecule has 196 valence electrons. The molecule has 0 amide bonds. The Morgan fingerprint density at radius 1 is 0.912 bits per heavy atom. The van der Waals surface area contributed by atoms with Gasteiger partial charge >= 0.3 is 0 Å². The predicted octanol–water partition coefficient (Wildman–Crippen LogP) is 5.62. The van der Waals surface area contributed by atoms with E-state index in [4.69, 9.17) is 0 Å². The van der Waals surface area contributed by atoms with Crippen LogP contribution in [0.5, 0.6) is 0 Å². The second kappa shape index (κ2) is 8.30. The normalized spacial score (nSPS) is 44.6. The summed E-state index contributed by atoms with van der Waals surface area (Å²) in [6.45, 7) is 17.5. The smallest absolute Gasteiger partial charge is 0.0850 e. The van der Waals surface area contributed by atoms with E-state index < -0.39 is 17.8 Å². The van der Waals surface area contributed by atoms with Crippen LogP contribution in [-0.4, -0.2) is 44.3 Å². The van der Waals surface area contributed by atoms with Gasteiger partial charge in [0.05, 0.1) is 23.9 Å². The van der Waals surface area contributed by atoms with Gasteiger partial charge < -0.3 is 20.4 Å². The van der Waals surface area contributed by atoms with E-state index in [0.29, 0.717) is 11.8 Å². The molecule has 4 rings (SSSR count). The molecule has 4 heteroatoms. The van der Waals surface area contributed by atoms with Crippen molar-refractivity contribution in [3.05, 3.63) is 11.1 Å². The Bertz CT molecular complexity index is 824. The average Bonchev–Trinajstić information content (AvgIpc) is 3.01. The molecular formula is C30H52O4. The van der Waals surface area contributed by atoms with Crippen molar-refractivity contribution < 1.29 is 20.4 Å². The zero-order valence-electron chi connectivity index (χ0n) is 23.1. The van der Waals surface area contributed by atoms with Crippen LogP contribution in [0.15, 0.2) is 11.1 Å². The van der Waals surface area contributed by atoms with Crippen LogP contribution in [0.2, 0.25) is 0 Å². The van der Waals surface area contributed by atoms with E-state index in [1.54, 1.807) is 25.0 Å². The molecule has 3 unspecified atom stereocenters. The Kier molecular flexibility index (Phi) is 6.50. The maximum Gasteiger partial charge on any atom is 0.0850 e. The molecule has 0 aromatic heterocycles. The van der Waals surface area contributed by atoms with Gasteiger partial charge in [0, 0.05) is 6.42 Å². The topological polar surface area (TPSA) is 80.9 Å². The molecule has 4 nitrogen and oxygen atoms in total. The third kappa shape index (κ3) is 3.68. The molecule has 0 saturated heterocycles. The monoisotopic (exact) mass is 476 g/mol. The van der Waals surface area contributed by atoms with Gasteiger partial charge in [0.1, 0.15) is 0 Å². The van der Waals surface area contributed by atoms with Crippen LogP contribution >= 0.6 is 0 Å². The molecule has 0 bridgehead atoms. The summed E-state index contributed by atoms with van der Waals surface area (Å²) in [6, 6.07) is 0. The zero-order chi connectivity index (χ0) is 25.5. The molecule has 0 aromatic rings. The van der Waals surface area contributed by atoms with E-state index in [0.717, 1.165) is 38.5 Å². The first-order chi connectivity index (χ1) is 15.5. The first-order valence-corrected chi connectivity index (χ1v) is 14.0. The largest absolute Gasteiger partial charge is 0.393 e. The van der Waals surface area contributed by atoms with Crippen LogP contribution in [0.1, 0.15) is 113 Å². The summed E-state index contributed by atoms with van der Waals surface area (Å²) in [5, 5.41) is 42.5. The molecule has 4 aliphatic rings. The van der Waals surface area contributed by atoms with Gasteiger partial charge in [-0.3, -0.25) is 0 Å². The first kappa shape index (κ1) is 26.6. The number of allylic oxidation sites excluding steroid dienone is 2.